The van der Waals surface area contributed by atoms with E-state index in [-0.39, 0.29) is 0 Å². The zero-order valence-corrected chi connectivity index (χ0v) is 30.9. The van der Waals surface area contributed by atoms with Crippen molar-refractivity contribution in [3.63, 3.8) is 0 Å². The molecule has 0 heterocycles. The first-order valence-corrected chi connectivity index (χ1v) is 16.8. The van der Waals surface area contributed by atoms with E-state index in [1.807, 2.05) is 70.2 Å². The van der Waals surface area contributed by atoms with Crippen LogP contribution in [0.1, 0.15) is 55.4 Å². The van der Waals surface area contributed by atoms with Gasteiger partial charge in [0.25, 0.3) is 0 Å². The molecule has 0 aliphatic carbocycles. The predicted octanol–water partition coefficient (Wildman–Crippen LogP) is 8.25. The molecule has 0 spiro atoms. The number of hydrogen-bond donors (Lipinski definition) is 0. The van der Waals surface area contributed by atoms with Gasteiger partial charge in [0.15, 0.2) is 0 Å². The first kappa shape index (κ1) is 36.6. The van der Waals surface area contributed by atoms with Gasteiger partial charge in [0.1, 0.15) is 11.4 Å². The summed E-state index contributed by atoms with van der Waals surface area (Å²) in [5.41, 5.74) is 12.4. The summed E-state index contributed by atoms with van der Waals surface area (Å²) in [6, 6.07) is 33.8. The van der Waals surface area contributed by atoms with Gasteiger partial charge in [0.05, 0.1) is 0 Å². The summed E-state index contributed by atoms with van der Waals surface area (Å²) in [5.74, 6) is 0. The van der Waals surface area contributed by atoms with Crippen LogP contribution in [-0.4, -0.2) is 79.2 Å². The van der Waals surface area contributed by atoms with Crippen LogP contribution in [0.4, 0.5) is 22.7 Å². The summed E-state index contributed by atoms with van der Waals surface area (Å²) in [5, 5.41) is 19.0. The van der Waals surface area contributed by atoms with Crippen LogP contribution in [0.2, 0.25) is 0 Å². The molecule has 0 saturated carbocycles. The minimum Gasteiger partial charge on any atom is -0.378 e. The lowest BCUT2D eigenvalue weighted by atomic mass is 10.0. The minimum absolute atomic E-state index is 0.817. The lowest BCUT2D eigenvalue weighted by Crippen LogP contribution is -2.10. The third kappa shape index (κ3) is 10.4. The Morgan fingerprint density at radius 2 is 0.592 bits per heavy atom. The maximum Gasteiger partial charge on any atom is 0.100 e. The van der Waals surface area contributed by atoms with Crippen molar-refractivity contribution in [1.29, 1.82) is 0 Å². The third-order valence-electron chi connectivity index (χ3n) is 8.35. The Bertz CT molecular complexity index is 1520. The zero-order valence-electron chi connectivity index (χ0n) is 30.9. The van der Waals surface area contributed by atoms with Crippen LogP contribution < -0.4 is 19.6 Å². The molecule has 0 bridgehead atoms. The van der Waals surface area contributed by atoms with Crippen LogP contribution in [-0.2, 0) is 0 Å². The van der Waals surface area contributed by atoms with E-state index in [4.69, 9.17) is 20.4 Å². The van der Waals surface area contributed by atoms with Crippen LogP contribution in [0.15, 0.2) is 117 Å². The average Bonchev–Trinajstić information content (AvgIpc) is 3.09. The van der Waals surface area contributed by atoms with Crippen molar-refractivity contribution in [3.8, 4) is 0 Å². The standard InChI is InChI=1S/C41H52N8/c1-30(42-44-40(32-14-22-36(23-15-32)46(3)4)33-16-24-37(25-17-33)47(5)6)12-11-13-31(2)43-45-41(34-18-26-38(27-19-34)48(7)8)35-20-28-39(29-21-35)49(9)10/h14-29H,11-13H2,1-10H3/b42-30+,43-31+. The van der Waals surface area contributed by atoms with E-state index >= 15 is 0 Å². The molecule has 0 fully saturated rings. The summed E-state index contributed by atoms with van der Waals surface area (Å²) in [4.78, 5) is 8.38. The maximum atomic E-state index is 4.79. The Morgan fingerprint density at radius 1 is 0.367 bits per heavy atom. The first-order valence-electron chi connectivity index (χ1n) is 16.8. The topological polar surface area (TPSA) is 62.4 Å². The Balaban J connectivity index is 1.51. The smallest absolute Gasteiger partial charge is 0.100 e. The lowest BCUT2D eigenvalue weighted by Gasteiger charge is -2.15. The highest BCUT2D eigenvalue weighted by atomic mass is 15.2. The van der Waals surface area contributed by atoms with Gasteiger partial charge in [0.2, 0.25) is 0 Å². The van der Waals surface area contributed by atoms with Crippen molar-refractivity contribution in [1.82, 2.24) is 0 Å². The van der Waals surface area contributed by atoms with Gasteiger partial charge in [-0.3, -0.25) is 0 Å². The molecule has 0 amide bonds. The molecule has 8 heteroatoms. The van der Waals surface area contributed by atoms with Gasteiger partial charge in [-0.2, -0.15) is 10.2 Å². The zero-order chi connectivity index (χ0) is 35.5. The maximum absolute atomic E-state index is 4.79. The lowest BCUT2D eigenvalue weighted by molar-refractivity contribution is 0.903. The van der Waals surface area contributed by atoms with Crippen molar-refractivity contribution in [3.05, 3.63) is 119 Å². The summed E-state index contributed by atoms with van der Waals surface area (Å²) >= 11 is 0. The van der Waals surface area contributed by atoms with Gasteiger partial charge in [0, 0.05) is 113 Å². The van der Waals surface area contributed by atoms with Crippen LogP contribution in [0.5, 0.6) is 0 Å². The van der Waals surface area contributed by atoms with Gasteiger partial charge >= 0.3 is 0 Å². The molecule has 49 heavy (non-hydrogen) atoms. The fourth-order valence-electron chi connectivity index (χ4n) is 5.20. The molecule has 8 nitrogen and oxygen atoms in total. The normalized spacial score (nSPS) is 11.6. The van der Waals surface area contributed by atoms with Crippen LogP contribution >= 0.6 is 0 Å². The first-order chi connectivity index (χ1) is 23.4. The van der Waals surface area contributed by atoms with E-state index in [9.17, 15) is 0 Å². The molecule has 256 valence electrons. The van der Waals surface area contributed by atoms with Crippen LogP contribution in [0.3, 0.4) is 0 Å². The summed E-state index contributed by atoms with van der Waals surface area (Å²) in [6.45, 7) is 4.09. The van der Waals surface area contributed by atoms with E-state index in [0.29, 0.717) is 0 Å². The molecular formula is C41H52N8. The number of hydrogen-bond acceptors (Lipinski definition) is 8. The molecule has 0 radical (unpaired) electrons. The SMILES string of the molecule is C/C(CCC/C(C)=N/N=C(c1ccc(N(C)C)cc1)c1ccc(N(C)C)cc1)=N\N=C(c1ccc(N(C)C)cc1)c1ccc(N(C)C)cc1. The summed E-state index contributed by atoms with van der Waals surface area (Å²) < 4.78 is 0. The van der Waals surface area contributed by atoms with Crippen molar-refractivity contribution in [2.75, 3.05) is 76.0 Å². The fourth-order valence-corrected chi connectivity index (χ4v) is 5.20. The number of nitrogens with zero attached hydrogens (tertiary/aromatic N) is 8. The van der Waals surface area contributed by atoms with Gasteiger partial charge in [-0.1, -0.05) is 48.5 Å². The van der Waals surface area contributed by atoms with Crippen molar-refractivity contribution in [2.24, 2.45) is 20.4 Å². The molecule has 0 aliphatic rings. The number of rotatable bonds is 14. The Kier molecular flexibility index (Phi) is 12.9. The van der Waals surface area contributed by atoms with E-state index in [0.717, 1.165) is 87.1 Å². The van der Waals surface area contributed by atoms with E-state index in [1.54, 1.807) is 0 Å². The molecule has 0 N–H and O–H groups in total. The van der Waals surface area contributed by atoms with Gasteiger partial charge in [-0.25, -0.2) is 0 Å². The molecule has 0 aliphatic heterocycles. The molecule has 0 saturated heterocycles. The quantitative estimate of drug-likeness (QED) is 0.101. The van der Waals surface area contributed by atoms with Gasteiger partial charge < -0.3 is 19.6 Å². The highest BCUT2D eigenvalue weighted by Gasteiger charge is 2.11. The Labute approximate surface area is 293 Å². The second-order valence-corrected chi connectivity index (χ2v) is 13.2. The van der Waals surface area contributed by atoms with E-state index in [2.05, 4.69) is 117 Å². The monoisotopic (exact) mass is 656 g/mol. The number of benzene rings is 4. The third-order valence-corrected chi connectivity index (χ3v) is 8.35. The predicted molar refractivity (Wildman–Crippen MR) is 214 cm³/mol. The highest BCUT2D eigenvalue weighted by molar-refractivity contribution is 6.14. The van der Waals surface area contributed by atoms with Gasteiger partial charge in [-0.15, -0.1) is 10.2 Å². The number of anilines is 4. The molecule has 0 atom stereocenters. The molecule has 0 unspecified atom stereocenters. The minimum atomic E-state index is 0.817. The van der Waals surface area contributed by atoms with Crippen LogP contribution in [0.25, 0.3) is 0 Å². The van der Waals surface area contributed by atoms with Crippen molar-refractivity contribution >= 4 is 45.6 Å². The molecule has 0 aromatic heterocycles. The molecule has 4 aromatic carbocycles. The molecule has 4 aromatic rings. The summed E-state index contributed by atoms with van der Waals surface area (Å²) in [7, 11) is 16.4. The Morgan fingerprint density at radius 3 is 0.796 bits per heavy atom. The van der Waals surface area contributed by atoms with Gasteiger partial charge in [-0.05, 0) is 81.6 Å². The van der Waals surface area contributed by atoms with Crippen LogP contribution in [0, 0.1) is 0 Å². The fraction of sp³-hybridized carbons (Fsp3) is 0.317. The van der Waals surface area contributed by atoms with E-state index in [1.165, 1.54) is 0 Å². The van der Waals surface area contributed by atoms with E-state index < -0.39 is 0 Å². The van der Waals surface area contributed by atoms with Crippen molar-refractivity contribution < 1.29 is 0 Å². The van der Waals surface area contributed by atoms with Crippen molar-refractivity contribution in [2.45, 2.75) is 33.1 Å². The average molecular weight is 657 g/mol. The second-order valence-electron chi connectivity index (χ2n) is 13.2. The summed E-state index contributed by atoms with van der Waals surface area (Å²) in [6.07, 6.45) is 2.54. The largest absolute Gasteiger partial charge is 0.378 e. The second kappa shape index (κ2) is 17.2. The highest BCUT2D eigenvalue weighted by Crippen LogP contribution is 2.21. The Hall–Kier alpha value is -5.24. The molecular weight excluding hydrogens is 605 g/mol. The molecule has 4 rings (SSSR count).